The lowest BCUT2D eigenvalue weighted by atomic mass is 9.83. The number of anilines is 1. The number of nitrogens with zero attached hydrogens (tertiary/aromatic N) is 1. The van der Waals surface area contributed by atoms with Gasteiger partial charge in [0.1, 0.15) is 0 Å². The van der Waals surface area contributed by atoms with E-state index in [9.17, 15) is 4.79 Å². The number of fused-ring (bicyclic) bond motifs is 1. The molecule has 2 atom stereocenters. The van der Waals surface area contributed by atoms with E-state index in [-0.39, 0.29) is 0 Å². The molecule has 2 nitrogen and oxygen atoms in total. The van der Waals surface area contributed by atoms with Gasteiger partial charge in [-0.25, -0.2) is 0 Å². The molecule has 2 heteroatoms. The van der Waals surface area contributed by atoms with E-state index in [1.54, 1.807) is 0 Å². The van der Waals surface area contributed by atoms with E-state index in [2.05, 4.69) is 24.0 Å². The van der Waals surface area contributed by atoms with E-state index >= 15 is 0 Å². The predicted octanol–water partition coefficient (Wildman–Crippen LogP) is 4.44. The summed E-state index contributed by atoms with van der Waals surface area (Å²) in [5.41, 5.74) is 2.14. The zero-order chi connectivity index (χ0) is 13.9. The quantitative estimate of drug-likeness (QED) is 0.792. The van der Waals surface area contributed by atoms with Crippen LogP contribution in [0.15, 0.2) is 24.3 Å². The topological polar surface area (TPSA) is 20.3 Å². The van der Waals surface area contributed by atoms with Crippen molar-refractivity contribution < 1.29 is 4.79 Å². The fourth-order valence-corrected chi connectivity index (χ4v) is 3.92. The standard InChI is InChI=1S/C18H25NO/c1-2-14-7-5-8-15(13-14)19-12-6-11-18(20)16-9-3-4-10-17(16)19/h3-4,9-10,14-15H,2,5-8,11-13H2,1H3. The number of hydrogen-bond acceptors (Lipinski definition) is 2. The zero-order valence-corrected chi connectivity index (χ0v) is 12.5. The third-order valence-electron chi connectivity index (χ3n) is 5.09. The van der Waals surface area contributed by atoms with Gasteiger partial charge in [0.05, 0.1) is 0 Å². The minimum absolute atomic E-state index is 0.325. The molecule has 0 N–H and O–H groups in total. The van der Waals surface area contributed by atoms with Crippen LogP contribution in [0.5, 0.6) is 0 Å². The van der Waals surface area contributed by atoms with Gasteiger partial charge in [-0.05, 0) is 37.3 Å². The lowest BCUT2D eigenvalue weighted by molar-refractivity contribution is 0.0984. The Hall–Kier alpha value is -1.31. The van der Waals surface area contributed by atoms with Crippen molar-refractivity contribution in [3.8, 4) is 0 Å². The molecule has 0 spiro atoms. The first-order chi connectivity index (χ1) is 9.79. The molecule has 1 saturated carbocycles. The van der Waals surface area contributed by atoms with Gasteiger partial charge in [-0.3, -0.25) is 4.79 Å². The molecule has 0 aromatic heterocycles. The number of carbonyl (C=O) groups excluding carboxylic acids is 1. The van der Waals surface area contributed by atoms with Gasteiger partial charge < -0.3 is 4.90 Å². The normalized spacial score (nSPS) is 27.1. The van der Waals surface area contributed by atoms with Crippen molar-refractivity contribution in [2.45, 2.75) is 57.9 Å². The molecule has 1 aliphatic heterocycles. The Bertz CT molecular complexity index is 482. The lowest BCUT2D eigenvalue weighted by Gasteiger charge is -2.39. The molecule has 0 radical (unpaired) electrons. The van der Waals surface area contributed by atoms with E-state index in [4.69, 9.17) is 0 Å². The van der Waals surface area contributed by atoms with Crippen LogP contribution in [-0.4, -0.2) is 18.4 Å². The lowest BCUT2D eigenvalue weighted by Crippen LogP contribution is -2.39. The van der Waals surface area contributed by atoms with Crippen molar-refractivity contribution in [2.24, 2.45) is 5.92 Å². The van der Waals surface area contributed by atoms with E-state index in [0.29, 0.717) is 18.2 Å². The number of para-hydroxylation sites is 1. The van der Waals surface area contributed by atoms with E-state index in [1.807, 2.05) is 12.1 Å². The van der Waals surface area contributed by atoms with Crippen molar-refractivity contribution in [3.63, 3.8) is 0 Å². The van der Waals surface area contributed by atoms with Crippen molar-refractivity contribution in [1.29, 1.82) is 0 Å². The summed E-state index contributed by atoms with van der Waals surface area (Å²) in [6.45, 7) is 3.36. The summed E-state index contributed by atoms with van der Waals surface area (Å²) in [7, 11) is 0. The van der Waals surface area contributed by atoms with E-state index < -0.39 is 0 Å². The Morgan fingerprint density at radius 2 is 2.05 bits per heavy atom. The van der Waals surface area contributed by atoms with E-state index in [0.717, 1.165) is 24.4 Å². The highest BCUT2D eigenvalue weighted by atomic mass is 16.1. The highest BCUT2D eigenvalue weighted by molar-refractivity contribution is 6.02. The van der Waals surface area contributed by atoms with E-state index in [1.165, 1.54) is 37.8 Å². The van der Waals surface area contributed by atoms with Gasteiger partial charge in [0.25, 0.3) is 0 Å². The SMILES string of the molecule is CCC1CCCC(N2CCCC(=O)c3ccccc32)C1. The molecule has 108 valence electrons. The smallest absolute Gasteiger partial charge is 0.165 e. The van der Waals surface area contributed by atoms with Crippen LogP contribution in [0.25, 0.3) is 0 Å². The molecular weight excluding hydrogens is 246 g/mol. The number of carbonyl (C=O) groups is 1. The van der Waals surface area contributed by atoms with Crippen molar-refractivity contribution in [1.82, 2.24) is 0 Å². The maximum absolute atomic E-state index is 12.2. The molecule has 1 heterocycles. The summed E-state index contributed by atoms with van der Waals surface area (Å²) in [4.78, 5) is 14.8. The second kappa shape index (κ2) is 5.99. The fraction of sp³-hybridized carbons (Fsp3) is 0.611. The number of benzene rings is 1. The summed E-state index contributed by atoms with van der Waals surface area (Å²) in [5.74, 6) is 1.20. The zero-order valence-electron chi connectivity index (χ0n) is 12.5. The highest BCUT2D eigenvalue weighted by Crippen LogP contribution is 2.35. The number of rotatable bonds is 2. The molecule has 1 aliphatic carbocycles. The maximum atomic E-state index is 12.2. The summed E-state index contributed by atoms with van der Waals surface area (Å²) in [6.07, 6.45) is 8.33. The van der Waals surface area contributed by atoms with Gasteiger partial charge in [0, 0.05) is 30.3 Å². The first-order valence-electron chi connectivity index (χ1n) is 8.18. The van der Waals surface area contributed by atoms with Crippen LogP contribution in [0.4, 0.5) is 5.69 Å². The Kier molecular flexibility index (Phi) is 4.09. The molecule has 2 unspecified atom stereocenters. The average Bonchev–Trinajstić information content (AvgIpc) is 2.67. The first-order valence-corrected chi connectivity index (χ1v) is 8.18. The molecule has 2 aliphatic rings. The van der Waals surface area contributed by atoms with Crippen molar-refractivity contribution >= 4 is 11.5 Å². The summed E-state index contributed by atoms with van der Waals surface area (Å²) >= 11 is 0. The summed E-state index contributed by atoms with van der Waals surface area (Å²) < 4.78 is 0. The van der Waals surface area contributed by atoms with Gasteiger partial charge in [0.2, 0.25) is 0 Å². The summed E-state index contributed by atoms with van der Waals surface area (Å²) in [6, 6.07) is 8.87. The third-order valence-corrected chi connectivity index (χ3v) is 5.09. The van der Waals surface area contributed by atoms with Crippen LogP contribution in [0.3, 0.4) is 0 Å². The van der Waals surface area contributed by atoms with Crippen LogP contribution in [0, 0.1) is 5.92 Å². The second-order valence-electron chi connectivity index (χ2n) is 6.33. The largest absolute Gasteiger partial charge is 0.368 e. The van der Waals surface area contributed by atoms with Crippen LogP contribution >= 0.6 is 0 Å². The Morgan fingerprint density at radius 3 is 2.90 bits per heavy atom. The average molecular weight is 271 g/mol. The molecule has 1 aromatic carbocycles. The monoisotopic (exact) mass is 271 g/mol. The van der Waals surface area contributed by atoms with Gasteiger partial charge in [0.15, 0.2) is 5.78 Å². The fourth-order valence-electron chi connectivity index (χ4n) is 3.92. The Morgan fingerprint density at radius 1 is 1.20 bits per heavy atom. The molecule has 20 heavy (non-hydrogen) atoms. The predicted molar refractivity (Wildman–Crippen MR) is 83.4 cm³/mol. The van der Waals surface area contributed by atoms with Crippen LogP contribution in [-0.2, 0) is 0 Å². The van der Waals surface area contributed by atoms with Crippen LogP contribution in [0.2, 0.25) is 0 Å². The van der Waals surface area contributed by atoms with Gasteiger partial charge in [-0.1, -0.05) is 38.3 Å². The van der Waals surface area contributed by atoms with Gasteiger partial charge in [-0.15, -0.1) is 0 Å². The molecule has 3 rings (SSSR count). The minimum atomic E-state index is 0.325. The molecule has 0 bridgehead atoms. The first kappa shape index (κ1) is 13.7. The van der Waals surface area contributed by atoms with Crippen LogP contribution in [0.1, 0.15) is 62.2 Å². The van der Waals surface area contributed by atoms with Crippen molar-refractivity contribution in [2.75, 3.05) is 11.4 Å². The third kappa shape index (κ3) is 2.61. The highest BCUT2D eigenvalue weighted by Gasteiger charge is 2.29. The number of ketones is 1. The summed E-state index contributed by atoms with van der Waals surface area (Å²) in [5, 5.41) is 0. The van der Waals surface area contributed by atoms with Gasteiger partial charge >= 0.3 is 0 Å². The molecule has 0 amide bonds. The van der Waals surface area contributed by atoms with Crippen molar-refractivity contribution in [3.05, 3.63) is 29.8 Å². The number of Topliss-reactive ketones (excluding diaryl/α,β-unsaturated/α-hetero) is 1. The molecule has 1 fully saturated rings. The Labute approximate surface area is 122 Å². The van der Waals surface area contributed by atoms with Gasteiger partial charge in [-0.2, -0.15) is 0 Å². The minimum Gasteiger partial charge on any atom is -0.368 e. The van der Waals surface area contributed by atoms with Crippen LogP contribution < -0.4 is 4.90 Å². The maximum Gasteiger partial charge on any atom is 0.165 e. The Balaban J connectivity index is 1.89. The molecule has 1 aromatic rings. The number of hydrogen-bond donors (Lipinski definition) is 0. The molecule has 0 saturated heterocycles. The second-order valence-corrected chi connectivity index (χ2v) is 6.33. The molecular formula is C18H25NO.